The van der Waals surface area contributed by atoms with Gasteiger partial charge in [-0.25, -0.2) is 4.79 Å². The number of carbonyl (C=O) groups is 3. The summed E-state index contributed by atoms with van der Waals surface area (Å²) in [6.45, 7) is 3.10. The van der Waals surface area contributed by atoms with E-state index < -0.39 is 0 Å². The number of urea groups is 1. The van der Waals surface area contributed by atoms with Gasteiger partial charge in [-0.2, -0.15) is 0 Å². The van der Waals surface area contributed by atoms with E-state index in [9.17, 15) is 14.4 Å². The Balaban J connectivity index is 2.22. The third-order valence-corrected chi connectivity index (χ3v) is 3.72. The van der Waals surface area contributed by atoms with E-state index in [-0.39, 0.29) is 49.9 Å². The molecule has 1 saturated heterocycles. The van der Waals surface area contributed by atoms with Crippen molar-refractivity contribution in [3.05, 3.63) is 0 Å². The monoisotopic (exact) mass is 299 g/mol. The van der Waals surface area contributed by atoms with Crippen molar-refractivity contribution in [2.24, 2.45) is 5.92 Å². The van der Waals surface area contributed by atoms with Crippen LogP contribution in [0.5, 0.6) is 0 Å². The summed E-state index contributed by atoms with van der Waals surface area (Å²) in [5, 5.41) is 11.7. The predicted octanol–water partition coefficient (Wildman–Crippen LogP) is 0.185. The Bertz CT molecular complexity index is 386. The van der Waals surface area contributed by atoms with E-state index in [0.717, 1.165) is 6.42 Å². The van der Waals surface area contributed by atoms with Crippen molar-refractivity contribution in [3.8, 4) is 0 Å². The van der Waals surface area contributed by atoms with Crippen LogP contribution >= 0.6 is 0 Å². The van der Waals surface area contributed by atoms with Crippen LogP contribution in [0.4, 0.5) is 4.79 Å². The molecule has 0 aromatic heterocycles. The zero-order valence-corrected chi connectivity index (χ0v) is 12.8. The van der Waals surface area contributed by atoms with E-state index in [1.165, 1.54) is 9.80 Å². The van der Waals surface area contributed by atoms with Gasteiger partial charge in [-0.05, 0) is 18.8 Å². The summed E-state index contributed by atoms with van der Waals surface area (Å²) in [4.78, 5) is 37.4. The highest BCUT2D eigenvalue weighted by atomic mass is 16.3. The topological polar surface area (TPSA) is 89.9 Å². The zero-order valence-electron chi connectivity index (χ0n) is 12.8. The Kier molecular flexibility index (Phi) is 7.14. The van der Waals surface area contributed by atoms with Crippen molar-refractivity contribution in [1.82, 2.24) is 15.1 Å². The van der Waals surface area contributed by atoms with Gasteiger partial charge in [0.1, 0.15) is 6.54 Å². The van der Waals surface area contributed by atoms with Crippen LogP contribution in [0.15, 0.2) is 0 Å². The fourth-order valence-electron chi connectivity index (χ4n) is 2.27. The maximum atomic E-state index is 11.7. The van der Waals surface area contributed by atoms with Gasteiger partial charge in [0.15, 0.2) is 0 Å². The van der Waals surface area contributed by atoms with Crippen LogP contribution in [0.2, 0.25) is 0 Å². The molecule has 1 unspecified atom stereocenters. The number of imide groups is 1. The molecule has 0 aromatic rings. The second-order valence-corrected chi connectivity index (χ2v) is 5.38. The molecule has 1 fully saturated rings. The van der Waals surface area contributed by atoms with Crippen LogP contribution < -0.4 is 5.32 Å². The van der Waals surface area contributed by atoms with E-state index in [1.54, 1.807) is 7.05 Å². The molecular formula is C14H25N3O4. The Morgan fingerprint density at radius 2 is 2.14 bits per heavy atom. The SMILES string of the molecule is CCC(CCO)CNC(=O)CCCN1C(=O)CN(C)C1=O. The lowest BCUT2D eigenvalue weighted by Crippen LogP contribution is -2.34. The molecule has 1 atom stereocenters. The predicted molar refractivity (Wildman–Crippen MR) is 77.5 cm³/mol. The molecule has 1 aliphatic rings. The largest absolute Gasteiger partial charge is 0.396 e. The molecule has 1 rings (SSSR count). The first-order valence-corrected chi connectivity index (χ1v) is 7.42. The van der Waals surface area contributed by atoms with E-state index in [4.69, 9.17) is 5.11 Å². The fourth-order valence-corrected chi connectivity index (χ4v) is 2.27. The highest BCUT2D eigenvalue weighted by Crippen LogP contribution is 2.09. The van der Waals surface area contributed by atoms with Gasteiger partial charge in [-0.1, -0.05) is 13.3 Å². The molecule has 21 heavy (non-hydrogen) atoms. The minimum Gasteiger partial charge on any atom is -0.396 e. The average molecular weight is 299 g/mol. The van der Waals surface area contributed by atoms with Gasteiger partial charge < -0.3 is 15.3 Å². The summed E-state index contributed by atoms with van der Waals surface area (Å²) in [5.41, 5.74) is 0. The Morgan fingerprint density at radius 1 is 1.43 bits per heavy atom. The number of aliphatic hydroxyl groups excluding tert-OH is 1. The Labute approximate surface area is 125 Å². The second-order valence-electron chi connectivity index (χ2n) is 5.38. The number of aliphatic hydroxyl groups is 1. The van der Waals surface area contributed by atoms with Gasteiger partial charge >= 0.3 is 6.03 Å². The molecular weight excluding hydrogens is 274 g/mol. The number of hydrogen-bond donors (Lipinski definition) is 2. The minimum atomic E-state index is -0.297. The van der Waals surface area contributed by atoms with E-state index in [0.29, 0.717) is 19.4 Å². The van der Waals surface area contributed by atoms with Gasteiger partial charge in [-0.15, -0.1) is 0 Å². The molecule has 0 bridgehead atoms. The number of carbonyl (C=O) groups excluding carboxylic acids is 3. The lowest BCUT2D eigenvalue weighted by Gasteiger charge is -2.15. The van der Waals surface area contributed by atoms with Crippen molar-refractivity contribution >= 4 is 17.8 Å². The molecule has 0 aliphatic carbocycles. The highest BCUT2D eigenvalue weighted by molar-refractivity contribution is 6.01. The zero-order chi connectivity index (χ0) is 15.8. The van der Waals surface area contributed by atoms with Gasteiger partial charge in [0.05, 0.1) is 0 Å². The quantitative estimate of drug-likeness (QED) is 0.595. The van der Waals surface area contributed by atoms with Crippen LogP contribution in [0.1, 0.15) is 32.6 Å². The number of nitrogens with one attached hydrogen (secondary N) is 1. The van der Waals surface area contributed by atoms with Crippen LogP contribution in [0.25, 0.3) is 0 Å². The van der Waals surface area contributed by atoms with Crippen LogP contribution in [0.3, 0.4) is 0 Å². The highest BCUT2D eigenvalue weighted by Gasteiger charge is 2.32. The normalized spacial score (nSPS) is 16.5. The number of rotatable bonds is 9. The smallest absolute Gasteiger partial charge is 0.326 e. The second kappa shape index (κ2) is 8.61. The molecule has 7 nitrogen and oxygen atoms in total. The van der Waals surface area contributed by atoms with Crippen molar-refractivity contribution in [2.45, 2.75) is 32.6 Å². The summed E-state index contributed by atoms with van der Waals surface area (Å²) in [6.07, 6.45) is 2.34. The van der Waals surface area contributed by atoms with E-state index in [2.05, 4.69) is 5.32 Å². The third-order valence-electron chi connectivity index (χ3n) is 3.72. The molecule has 0 spiro atoms. The fraction of sp³-hybridized carbons (Fsp3) is 0.786. The number of hydrogen-bond acceptors (Lipinski definition) is 4. The summed E-state index contributed by atoms with van der Waals surface area (Å²) in [5.74, 6) is -0.00919. The maximum Gasteiger partial charge on any atom is 0.326 e. The van der Waals surface area contributed by atoms with Crippen molar-refractivity contribution in [2.75, 3.05) is 33.3 Å². The summed E-state index contributed by atoms with van der Waals surface area (Å²) in [6, 6.07) is -0.297. The molecule has 0 saturated carbocycles. The molecule has 2 N–H and O–H groups in total. The third kappa shape index (κ3) is 5.34. The molecule has 0 radical (unpaired) electrons. The summed E-state index contributed by atoms with van der Waals surface area (Å²) >= 11 is 0. The van der Waals surface area contributed by atoms with E-state index >= 15 is 0 Å². The number of nitrogens with zero attached hydrogens (tertiary/aromatic N) is 2. The molecule has 7 heteroatoms. The molecule has 0 aromatic carbocycles. The molecule has 1 heterocycles. The molecule has 120 valence electrons. The molecule has 4 amide bonds. The number of likely N-dealkylation sites (N-methyl/N-ethyl adjacent to an activating group) is 1. The summed E-state index contributed by atoms with van der Waals surface area (Å²) in [7, 11) is 1.58. The first kappa shape index (κ1) is 17.4. The van der Waals surface area contributed by atoms with Crippen LogP contribution in [-0.4, -0.2) is 66.0 Å². The van der Waals surface area contributed by atoms with Gasteiger partial charge in [0, 0.05) is 33.2 Å². The van der Waals surface area contributed by atoms with Crippen LogP contribution in [0, 0.1) is 5.92 Å². The van der Waals surface area contributed by atoms with Crippen molar-refractivity contribution in [1.29, 1.82) is 0 Å². The van der Waals surface area contributed by atoms with Gasteiger partial charge in [-0.3, -0.25) is 14.5 Å². The standard InChI is InChI=1S/C14H25N3O4/c1-3-11(6-8-18)9-15-12(19)5-4-7-17-13(20)10-16(2)14(17)21/h11,18H,3-10H2,1-2H3,(H,15,19). The lowest BCUT2D eigenvalue weighted by atomic mass is 10.0. The van der Waals surface area contributed by atoms with Gasteiger partial charge in [0.2, 0.25) is 11.8 Å². The Hall–Kier alpha value is -1.63. The lowest BCUT2D eigenvalue weighted by molar-refractivity contribution is -0.126. The first-order chi connectivity index (χ1) is 9.99. The average Bonchev–Trinajstić information content (AvgIpc) is 2.69. The van der Waals surface area contributed by atoms with E-state index in [1.807, 2.05) is 6.92 Å². The van der Waals surface area contributed by atoms with Crippen molar-refractivity contribution in [3.63, 3.8) is 0 Å². The first-order valence-electron chi connectivity index (χ1n) is 7.42. The molecule has 1 aliphatic heterocycles. The van der Waals surface area contributed by atoms with Gasteiger partial charge in [0.25, 0.3) is 0 Å². The van der Waals surface area contributed by atoms with Crippen molar-refractivity contribution < 1.29 is 19.5 Å². The Morgan fingerprint density at radius 3 is 2.67 bits per heavy atom. The van der Waals surface area contributed by atoms with Crippen LogP contribution in [-0.2, 0) is 9.59 Å². The minimum absolute atomic E-state index is 0.0844. The maximum absolute atomic E-state index is 11.7. The summed E-state index contributed by atoms with van der Waals surface area (Å²) < 4.78 is 0. The number of amides is 4.